The van der Waals surface area contributed by atoms with E-state index in [1.165, 1.54) is 0 Å². The van der Waals surface area contributed by atoms with Gasteiger partial charge < -0.3 is 10.8 Å². The first kappa shape index (κ1) is 14.2. The van der Waals surface area contributed by atoms with Gasteiger partial charge in [-0.1, -0.05) is 27.5 Å². The maximum atomic E-state index is 9.29. The van der Waals surface area contributed by atoms with Gasteiger partial charge >= 0.3 is 0 Å². The van der Waals surface area contributed by atoms with Gasteiger partial charge in [-0.2, -0.15) is 0 Å². The monoisotopic (exact) mass is 299 g/mol. The van der Waals surface area contributed by atoms with Gasteiger partial charge in [0.05, 0.1) is 12.1 Å². The lowest BCUT2D eigenvalue weighted by Crippen LogP contribution is -2.23. The van der Waals surface area contributed by atoms with Crippen LogP contribution in [0.4, 0.5) is 0 Å². The summed E-state index contributed by atoms with van der Waals surface area (Å²) in [6.45, 7) is 1.64. The van der Waals surface area contributed by atoms with Gasteiger partial charge in [0.1, 0.15) is 0 Å². The van der Waals surface area contributed by atoms with Crippen LogP contribution in [-0.4, -0.2) is 11.2 Å². The molecule has 0 radical (unpaired) electrons. The third-order valence-corrected chi connectivity index (χ3v) is 2.67. The molecule has 3 N–H and O–H groups in total. The van der Waals surface area contributed by atoms with Crippen molar-refractivity contribution in [3.63, 3.8) is 0 Å². The van der Waals surface area contributed by atoms with Gasteiger partial charge in [0.15, 0.2) is 0 Å². The first-order valence-electron chi connectivity index (χ1n) is 3.91. The summed E-state index contributed by atoms with van der Waals surface area (Å²) in [5, 5.41) is 9.87. The summed E-state index contributed by atoms with van der Waals surface area (Å²) in [6.07, 6.45) is -0.605. The predicted molar refractivity (Wildman–Crippen MR) is 65.0 cm³/mol. The summed E-state index contributed by atoms with van der Waals surface area (Å²) in [5.74, 6) is 0. The molecule has 1 aromatic carbocycles. The summed E-state index contributed by atoms with van der Waals surface area (Å²) in [4.78, 5) is 0. The smallest absolute Gasteiger partial charge is 0.0705 e. The Balaban J connectivity index is 0.00000169. The summed E-state index contributed by atoms with van der Waals surface area (Å²) in [5.41, 5.74) is 6.51. The van der Waals surface area contributed by atoms with Gasteiger partial charge in [-0.3, -0.25) is 0 Å². The third kappa shape index (κ3) is 3.41. The van der Waals surface area contributed by atoms with Gasteiger partial charge in [-0.15, -0.1) is 12.4 Å². The molecular formula is C9H12BrCl2NO. The van der Waals surface area contributed by atoms with E-state index in [1.807, 2.05) is 12.1 Å². The minimum absolute atomic E-state index is 0. The molecule has 0 amide bonds. The Morgan fingerprint density at radius 3 is 2.57 bits per heavy atom. The number of hydrogen-bond acceptors (Lipinski definition) is 2. The SMILES string of the molecule is C[C@@H](O)[C@@H](N)c1cc(Br)ccc1Cl.Cl. The second-order valence-corrected chi connectivity index (χ2v) is 4.26. The number of benzene rings is 1. The molecule has 2 nitrogen and oxygen atoms in total. The molecule has 0 saturated heterocycles. The third-order valence-electron chi connectivity index (χ3n) is 1.84. The van der Waals surface area contributed by atoms with Gasteiger partial charge in [0.2, 0.25) is 0 Å². The predicted octanol–water partition coefficient (Wildman–Crippen LogP) is 2.90. The highest BCUT2D eigenvalue weighted by atomic mass is 79.9. The van der Waals surface area contributed by atoms with Crippen molar-refractivity contribution in [3.05, 3.63) is 33.3 Å². The molecule has 0 aliphatic heterocycles. The molecule has 0 bridgehead atoms. The highest BCUT2D eigenvalue weighted by Crippen LogP contribution is 2.26. The van der Waals surface area contributed by atoms with E-state index in [0.717, 1.165) is 10.0 Å². The van der Waals surface area contributed by atoms with Crippen molar-refractivity contribution in [1.82, 2.24) is 0 Å². The molecule has 0 spiro atoms. The maximum absolute atomic E-state index is 9.29. The summed E-state index contributed by atoms with van der Waals surface area (Å²) < 4.78 is 0.906. The quantitative estimate of drug-likeness (QED) is 0.882. The van der Waals surface area contributed by atoms with Crippen LogP contribution in [0.2, 0.25) is 5.02 Å². The van der Waals surface area contributed by atoms with Crippen LogP contribution in [0.25, 0.3) is 0 Å². The fraction of sp³-hybridized carbons (Fsp3) is 0.333. The molecule has 0 saturated carbocycles. The Labute approximate surface area is 103 Å². The van der Waals surface area contributed by atoms with Gasteiger partial charge in [-0.25, -0.2) is 0 Å². The molecule has 0 heterocycles. The van der Waals surface area contributed by atoms with Crippen molar-refractivity contribution in [1.29, 1.82) is 0 Å². The van der Waals surface area contributed by atoms with E-state index in [4.69, 9.17) is 17.3 Å². The second kappa shape index (κ2) is 5.93. The van der Waals surface area contributed by atoms with E-state index < -0.39 is 12.1 Å². The average Bonchev–Trinajstić information content (AvgIpc) is 2.08. The lowest BCUT2D eigenvalue weighted by molar-refractivity contribution is 0.164. The zero-order valence-electron chi connectivity index (χ0n) is 7.58. The van der Waals surface area contributed by atoms with E-state index >= 15 is 0 Å². The van der Waals surface area contributed by atoms with Crippen molar-refractivity contribution < 1.29 is 5.11 Å². The summed E-state index contributed by atoms with van der Waals surface area (Å²) >= 11 is 9.24. The first-order valence-corrected chi connectivity index (χ1v) is 5.08. The Morgan fingerprint density at radius 2 is 2.07 bits per heavy atom. The van der Waals surface area contributed by atoms with Crippen LogP contribution in [-0.2, 0) is 0 Å². The van der Waals surface area contributed by atoms with Crippen LogP contribution in [0.5, 0.6) is 0 Å². The molecule has 80 valence electrons. The molecule has 0 fully saturated rings. The molecule has 5 heteroatoms. The van der Waals surface area contributed by atoms with Gasteiger partial charge in [0, 0.05) is 9.50 Å². The normalized spacial score (nSPS) is 14.4. The number of hydrogen-bond donors (Lipinski definition) is 2. The van der Waals surface area contributed by atoms with E-state index in [2.05, 4.69) is 15.9 Å². The molecular weight excluding hydrogens is 289 g/mol. The Morgan fingerprint density at radius 1 is 1.50 bits per heavy atom. The topological polar surface area (TPSA) is 46.2 Å². The highest BCUT2D eigenvalue weighted by Gasteiger charge is 2.15. The summed E-state index contributed by atoms with van der Waals surface area (Å²) in [6, 6.07) is 4.97. The first-order chi connectivity index (χ1) is 6.02. The zero-order chi connectivity index (χ0) is 10.0. The number of halogens is 3. The van der Waals surface area contributed by atoms with Crippen LogP contribution < -0.4 is 5.73 Å². The lowest BCUT2D eigenvalue weighted by atomic mass is 10.0. The van der Waals surface area contributed by atoms with Crippen molar-refractivity contribution in [2.75, 3.05) is 0 Å². The molecule has 0 unspecified atom stereocenters. The number of aliphatic hydroxyl groups excluding tert-OH is 1. The average molecular weight is 301 g/mol. The van der Waals surface area contributed by atoms with Crippen molar-refractivity contribution in [2.24, 2.45) is 5.73 Å². The molecule has 14 heavy (non-hydrogen) atoms. The van der Waals surface area contributed by atoms with E-state index in [9.17, 15) is 5.11 Å². The maximum Gasteiger partial charge on any atom is 0.0705 e. The van der Waals surface area contributed by atoms with Crippen LogP contribution >= 0.6 is 39.9 Å². The van der Waals surface area contributed by atoms with E-state index in [1.54, 1.807) is 13.0 Å². The Bertz CT molecular complexity index is 307. The fourth-order valence-corrected chi connectivity index (χ4v) is 1.65. The number of nitrogens with two attached hydrogens (primary N) is 1. The van der Waals surface area contributed by atoms with Crippen molar-refractivity contribution in [2.45, 2.75) is 19.1 Å². The van der Waals surface area contributed by atoms with Crippen LogP contribution in [0.1, 0.15) is 18.5 Å². The van der Waals surface area contributed by atoms with Crippen molar-refractivity contribution in [3.8, 4) is 0 Å². The number of aliphatic hydroxyl groups is 1. The Hall–Kier alpha value is 0.200. The van der Waals surface area contributed by atoms with Crippen LogP contribution in [0.3, 0.4) is 0 Å². The van der Waals surface area contributed by atoms with Crippen molar-refractivity contribution >= 4 is 39.9 Å². The molecule has 0 aliphatic carbocycles. The van der Waals surface area contributed by atoms with Gasteiger partial charge in [-0.05, 0) is 30.7 Å². The van der Waals surface area contributed by atoms with E-state index in [-0.39, 0.29) is 12.4 Å². The molecule has 1 rings (SSSR count). The molecule has 1 aromatic rings. The van der Waals surface area contributed by atoms with Crippen LogP contribution in [0, 0.1) is 0 Å². The van der Waals surface area contributed by atoms with Gasteiger partial charge in [0.25, 0.3) is 0 Å². The minimum Gasteiger partial charge on any atom is -0.391 e. The Kier molecular flexibility index (Phi) is 6.02. The molecule has 2 atom stereocenters. The standard InChI is InChI=1S/C9H11BrClNO.ClH/c1-5(13)9(12)7-4-6(10)2-3-8(7)11;/h2-5,9,13H,12H2,1H3;1H/t5-,9-;/m1./s1. The molecule has 0 aliphatic rings. The van der Waals surface area contributed by atoms with Crippen LogP contribution in [0.15, 0.2) is 22.7 Å². The fourth-order valence-electron chi connectivity index (χ4n) is 1.03. The highest BCUT2D eigenvalue weighted by molar-refractivity contribution is 9.10. The second-order valence-electron chi connectivity index (χ2n) is 2.93. The van der Waals surface area contributed by atoms with E-state index in [0.29, 0.717) is 5.02 Å². The largest absolute Gasteiger partial charge is 0.391 e. The minimum atomic E-state index is -0.605. The zero-order valence-corrected chi connectivity index (χ0v) is 10.7. The summed E-state index contributed by atoms with van der Waals surface area (Å²) in [7, 11) is 0. The number of rotatable bonds is 2. The molecule has 0 aromatic heterocycles. The lowest BCUT2D eigenvalue weighted by Gasteiger charge is -2.16.